The van der Waals surface area contributed by atoms with E-state index in [1.54, 1.807) is 6.08 Å². The monoisotopic (exact) mass is 680 g/mol. The summed E-state index contributed by atoms with van der Waals surface area (Å²) < 4.78 is 20.5. The van der Waals surface area contributed by atoms with Crippen molar-refractivity contribution in [2.24, 2.45) is 5.92 Å². The second kappa shape index (κ2) is 27.5. The number of alkyl carbamates (subject to hydrolysis) is 2. The van der Waals surface area contributed by atoms with Gasteiger partial charge in [-0.2, -0.15) is 0 Å². The normalized spacial score (nSPS) is 11.5. The van der Waals surface area contributed by atoms with Gasteiger partial charge in [-0.1, -0.05) is 38.5 Å². The average Bonchev–Trinajstić information content (AvgIpc) is 3.06. The molecule has 0 atom stereocenters. The van der Waals surface area contributed by atoms with Crippen LogP contribution >= 0.6 is 0 Å². The summed E-state index contributed by atoms with van der Waals surface area (Å²) in [4.78, 5) is 69.0. The highest BCUT2D eigenvalue weighted by molar-refractivity contribution is 5.87. The number of esters is 2. The van der Waals surface area contributed by atoms with Crippen LogP contribution in [0.5, 0.6) is 0 Å². The molecule has 0 saturated heterocycles. The lowest BCUT2D eigenvalue weighted by atomic mass is 10.0. The summed E-state index contributed by atoms with van der Waals surface area (Å²) in [7, 11) is 0. The summed E-state index contributed by atoms with van der Waals surface area (Å²) in [5.41, 5.74) is 0.958. The van der Waals surface area contributed by atoms with E-state index in [9.17, 15) is 33.9 Å². The zero-order valence-corrected chi connectivity index (χ0v) is 28.2. The molecule has 0 fully saturated rings. The number of unbranched alkanes of at least 4 members (excludes halogenated alkanes) is 6. The van der Waals surface area contributed by atoms with Crippen molar-refractivity contribution in [1.82, 2.24) is 10.6 Å². The first-order chi connectivity index (χ1) is 22.9. The van der Waals surface area contributed by atoms with Crippen molar-refractivity contribution in [3.05, 3.63) is 48.1 Å². The van der Waals surface area contributed by atoms with Crippen LogP contribution in [0.2, 0.25) is 0 Å². The molecule has 4 N–H and O–H groups in total. The van der Waals surface area contributed by atoms with Gasteiger partial charge in [0.05, 0.1) is 19.8 Å². The van der Waals surface area contributed by atoms with Gasteiger partial charge in [0.1, 0.15) is 6.61 Å². The highest BCUT2D eigenvalue weighted by Gasteiger charge is 2.15. The number of carbonyl (C=O) groups is 6. The minimum Gasteiger partial charge on any atom is -0.478 e. The van der Waals surface area contributed by atoms with E-state index >= 15 is 0 Å². The van der Waals surface area contributed by atoms with Crippen LogP contribution in [-0.2, 0) is 38.1 Å². The van der Waals surface area contributed by atoms with E-state index in [4.69, 9.17) is 24.1 Å². The van der Waals surface area contributed by atoms with Crippen LogP contribution < -0.4 is 10.6 Å². The molecule has 0 aliphatic heterocycles. The van der Waals surface area contributed by atoms with Gasteiger partial charge >= 0.3 is 36.1 Å². The fourth-order valence-corrected chi connectivity index (χ4v) is 4.10. The zero-order chi connectivity index (χ0) is 36.2. The van der Waals surface area contributed by atoms with Crippen molar-refractivity contribution in [2.75, 3.05) is 39.5 Å². The third kappa shape index (κ3) is 23.7. The predicted molar refractivity (Wildman–Crippen MR) is 177 cm³/mol. The molecule has 0 aliphatic carbocycles. The number of nitrogens with one attached hydrogen (secondary N) is 2. The maximum Gasteiger partial charge on any atom is 0.407 e. The SMILES string of the molecule is C=CC(=O)OCCC(CCOC(=O)C=C)COC(=O)NCCCCCCNC(=O)OC/C(CCCCC/C=C(\C)C(=O)O)=C(/C)C(=O)O. The number of amides is 2. The van der Waals surface area contributed by atoms with E-state index in [2.05, 4.69) is 23.8 Å². The van der Waals surface area contributed by atoms with Crippen LogP contribution in [0.4, 0.5) is 9.59 Å². The van der Waals surface area contributed by atoms with Crippen molar-refractivity contribution < 1.29 is 57.9 Å². The highest BCUT2D eigenvalue weighted by Crippen LogP contribution is 2.16. The summed E-state index contributed by atoms with van der Waals surface area (Å²) in [6, 6.07) is 0. The Hall–Kier alpha value is -4.62. The van der Waals surface area contributed by atoms with Gasteiger partial charge in [0, 0.05) is 36.4 Å². The lowest BCUT2D eigenvalue weighted by Crippen LogP contribution is -2.28. The van der Waals surface area contributed by atoms with Crippen molar-refractivity contribution in [1.29, 1.82) is 0 Å². The Bertz CT molecular complexity index is 1100. The van der Waals surface area contributed by atoms with Gasteiger partial charge in [0.15, 0.2) is 0 Å². The molecular weight excluding hydrogens is 628 g/mol. The van der Waals surface area contributed by atoms with Gasteiger partial charge in [0.2, 0.25) is 0 Å². The number of carboxylic acid groups (broad SMARTS) is 2. The minimum atomic E-state index is -1.08. The molecule has 2 amide bonds. The molecule has 0 saturated carbocycles. The molecule has 270 valence electrons. The standard InChI is InChI=1S/C34H52N2O12/c1-5-29(37)45-21-17-27(18-22-46-30(38)6-2)23-47-33(43)35-19-13-9-10-14-20-36-34(44)48-24-28(26(4)32(41)42)16-12-8-7-11-15-25(3)31(39)40/h5-6,15,27H,1-2,7-14,16-24H2,3-4H3,(H,35,43)(H,36,44)(H,39,40)(H,41,42)/b25-15+,28-26-. The number of allylic oxidation sites excluding steroid dienone is 1. The van der Waals surface area contributed by atoms with Crippen molar-refractivity contribution >= 4 is 36.1 Å². The first kappa shape index (κ1) is 43.4. The Kier molecular flexibility index (Phi) is 24.8. The molecule has 48 heavy (non-hydrogen) atoms. The van der Waals surface area contributed by atoms with Crippen LogP contribution in [0, 0.1) is 5.92 Å². The molecule has 0 spiro atoms. The average molecular weight is 681 g/mol. The van der Waals surface area contributed by atoms with Crippen LogP contribution in [-0.4, -0.2) is 85.8 Å². The molecule has 0 aromatic rings. The molecule has 0 radical (unpaired) electrons. The number of ether oxygens (including phenoxy) is 4. The molecule has 0 heterocycles. The largest absolute Gasteiger partial charge is 0.478 e. The number of aliphatic carboxylic acids is 2. The summed E-state index contributed by atoms with van der Waals surface area (Å²) in [5, 5.41) is 23.6. The van der Waals surface area contributed by atoms with E-state index in [0.29, 0.717) is 69.2 Å². The molecule has 0 aliphatic rings. The maximum atomic E-state index is 12.1. The molecule has 0 bridgehead atoms. The summed E-state index contributed by atoms with van der Waals surface area (Å²) in [5.74, 6) is -3.35. The van der Waals surface area contributed by atoms with Gasteiger partial charge in [-0.25, -0.2) is 28.8 Å². The van der Waals surface area contributed by atoms with Gasteiger partial charge in [-0.15, -0.1) is 0 Å². The number of rotatable bonds is 27. The Labute approximate surface area is 282 Å². The number of carbonyl (C=O) groups excluding carboxylic acids is 4. The van der Waals surface area contributed by atoms with E-state index in [0.717, 1.165) is 37.8 Å². The third-order valence-corrected chi connectivity index (χ3v) is 7.17. The topological polar surface area (TPSA) is 204 Å². The maximum absolute atomic E-state index is 12.1. The number of hydrogen-bond acceptors (Lipinski definition) is 10. The fraction of sp³-hybridized carbons (Fsp3) is 0.588. The lowest BCUT2D eigenvalue weighted by molar-refractivity contribution is -0.138. The molecule has 0 rings (SSSR count). The first-order valence-corrected chi connectivity index (χ1v) is 16.1. The van der Waals surface area contributed by atoms with Crippen LogP contribution in [0.25, 0.3) is 0 Å². The van der Waals surface area contributed by atoms with E-state index in [1.807, 2.05) is 0 Å². The van der Waals surface area contributed by atoms with Crippen LogP contribution in [0.3, 0.4) is 0 Å². The Morgan fingerprint density at radius 2 is 1.21 bits per heavy atom. The van der Waals surface area contributed by atoms with E-state index < -0.39 is 36.1 Å². The summed E-state index contributed by atoms with van der Waals surface area (Å²) in [6.45, 7) is 10.6. The van der Waals surface area contributed by atoms with Crippen LogP contribution in [0.15, 0.2) is 48.1 Å². The summed E-state index contributed by atoms with van der Waals surface area (Å²) >= 11 is 0. The number of hydrogen-bond donors (Lipinski definition) is 4. The first-order valence-electron chi connectivity index (χ1n) is 16.1. The molecule has 14 nitrogen and oxygen atoms in total. The number of carboxylic acids is 2. The van der Waals surface area contributed by atoms with E-state index in [-0.39, 0.29) is 37.9 Å². The zero-order valence-electron chi connectivity index (χ0n) is 28.2. The fourth-order valence-electron chi connectivity index (χ4n) is 4.10. The van der Waals surface area contributed by atoms with Gasteiger partial charge < -0.3 is 39.8 Å². The molecule has 0 aromatic carbocycles. The van der Waals surface area contributed by atoms with Crippen LogP contribution in [0.1, 0.15) is 84.5 Å². The quantitative estimate of drug-likeness (QED) is 0.0381. The van der Waals surface area contributed by atoms with Gasteiger partial charge in [0.25, 0.3) is 0 Å². The molecular formula is C34H52N2O12. The van der Waals surface area contributed by atoms with Gasteiger partial charge in [-0.05, 0) is 76.7 Å². The van der Waals surface area contributed by atoms with Crippen molar-refractivity contribution in [3.8, 4) is 0 Å². The smallest absolute Gasteiger partial charge is 0.407 e. The Morgan fingerprint density at radius 1 is 0.688 bits per heavy atom. The Balaban J connectivity index is 4.24. The van der Waals surface area contributed by atoms with E-state index in [1.165, 1.54) is 13.8 Å². The molecule has 14 heteroatoms. The highest BCUT2D eigenvalue weighted by atomic mass is 16.6. The third-order valence-electron chi connectivity index (χ3n) is 7.17. The molecule has 0 unspecified atom stereocenters. The van der Waals surface area contributed by atoms with Gasteiger partial charge in [-0.3, -0.25) is 0 Å². The van der Waals surface area contributed by atoms with Crippen molar-refractivity contribution in [3.63, 3.8) is 0 Å². The predicted octanol–water partition coefficient (Wildman–Crippen LogP) is 5.24. The minimum absolute atomic E-state index is 0.0474. The molecule has 0 aromatic heterocycles. The van der Waals surface area contributed by atoms with Crippen molar-refractivity contribution in [2.45, 2.75) is 84.5 Å². The lowest BCUT2D eigenvalue weighted by Gasteiger charge is -2.17. The second-order valence-corrected chi connectivity index (χ2v) is 11.0. The summed E-state index contributed by atoms with van der Waals surface area (Å²) in [6.07, 6.45) is 9.58. The second-order valence-electron chi connectivity index (χ2n) is 11.0. The Morgan fingerprint density at radius 3 is 1.71 bits per heavy atom.